The number of nitrogens with zero attached hydrogens (tertiary/aromatic N) is 1. The van der Waals surface area contributed by atoms with E-state index in [9.17, 15) is 4.79 Å². The zero-order valence-electron chi connectivity index (χ0n) is 15.3. The third kappa shape index (κ3) is 6.15. The topological polar surface area (TPSA) is 32.3 Å². The summed E-state index contributed by atoms with van der Waals surface area (Å²) in [6, 6.07) is 20.5. The van der Waals surface area contributed by atoms with Crippen LogP contribution in [0.2, 0.25) is 0 Å². The molecule has 0 aliphatic carbocycles. The van der Waals surface area contributed by atoms with E-state index in [0.717, 1.165) is 38.2 Å². The van der Waals surface area contributed by atoms with Crippen molar-refractivity contribution in [2.75, 3.05) is 24.5 Å². The second-order valence-corrected chi connectivity index (χ2v) is 6.85. The smallest absolute Gasteiger partial charge is 0.226 e. The fourth-order valence-corrected chi connectivity index (χ4v) is 3.52. The average molecular weight is 373 g/mol. The highest BCUT2D eigenvalue weighted by Crippen LogP contribution is 2.21. The number of halogens is 1. The highest BCUT2D eigenvalue weighted by Gasteiger charge is 2.19. The van der Waals surface area contributed by atoms with Crippen LogP contribution in [-0.2, 0) is 11.2 Å². The summed E-state index contributed by atoms with van der Waals surface area (Å²) in [7, 11) is 0. The number of para-hydroxylation sites is 1. The van der Waals surface area contributed by atoms with Crippen molar-refractivity contribution in [1.82, 2.24) is 5.32 Å². The Morgan fingerprint density at radius 3 is 2.23 bits per heavy atom. The standard InChI is InChI=1S/C22H28N2O.ClH/c25-22(12-11-20-13-16-23-17-14-20)24(21-9-5-2-6-10-21)18-15-19-7-3-1-4-8-19;/h1-10,20,23H,11-18H2;1H. The van der Waals surface area contributed by atoms with Gasteiger partial charge in [0, 0.05) is 18.7 Å². The zero-order chi connectivity index (χ0) is 17.3. The lowest BCUT2D eigenvalue weighted by atomic mass is 9.93. The first kappa shape index (κ1) is 20.5. The molecule has 2 aromatic rings. The molecule has 0 bridgehead atoms. The zero-order valence-corrected chi connectivity index (χ0v) is 16.1. The Kier molecular flexibility index (Phi) is 8.66. The van der Waals surface area contributed by atoms with Gasteiger partial charge in [0.15, 0.2) is 0 Å². The molecule has 1 aliphatic heterocycles. The van der Waals surface area contributed by atoms with E-state index in [4.69, 9.17) is 0 Å². The molecule has 0 unspecified atom stereocenters. The van der Waals surface area contributed by atoms with Gasteiger partial charge in [-0.05, 0) is 62.4 Å². The Morgan fingerprint density at radius 1 is 0.962 bits per heavy atom. The number of carbonyl (C=O) groups is 1. The van der Waals surface area contributed by atoms with E-state index < -0.39 is 0 Å². The monoisotopic (exact) mass is 372 g/mol. The maximum absolute atomic E-state index is 12.9. The predicted molar refractivity (Wildman–Crippen MR) is 111 cm³/mol. The van der Waals surface area contributed by atoms with Crippen LogP contribution in [0.5, 0.6) is 0 Å². The highest BCUT2D eigenvalue weighted by molar-refractivity contribution is 5.93. The predicted octanol–water partition coefficient (Wildman–Crippen LogP) is 4.46. The number of nitrogens with one attached hydrogen (secondary N) is 1. The van der Waals surface area contributed by atoms with E-state index >= 15 is 0 Å². The van der Waals surface area contributed by atoms with Crippen LogP contribution >= 0.6 is 12.4 Å². The van der Waals surface area contributed by atoms with Gasteiger partial charge >= 0.3 is 0 Å². The van der Waals surface area contributed by atoms with Crippen LogP contribution in [0.15, 0.2) is 60.7 Å². The maximum Gasteiger partial charge on any atom is 0.226 e. The molecular formula is C22H29ClN2O. The largest absolute Gasteiger partial charge is 0.317 e. The van der Waals surface area contributed by atoms with Crippen LogP contribution in [0.4, 0.5) is 5.69 Å². The van der Waals surface area contributed by atoms with Crippen LogP contribution in [0, 0.1) is 5.92 Å². The fraction of sp³-hybridized carbons (Fsp3) is 0.409. The van der Waals surface area contributed by atoms with Crippen molar-refractivity contribution in [1.29, 1.82) is 0 Å². The molecular weight excluding hydrogens is 344 g/mol. The van der Waals surface area contributed by atoms with Crippen LogP contribution in [-0.4, -0.2) is 25.5 Å². The summed E-state index contributed by atoms with van der Waals surface area (Å²) in [5, 5.41) is 3.39. The Hall–Kier alpha value is -1.84. The van der Waals surface area contributed by atoms with Crippen LogP contribution in [0.25, 0.3) is 0 Å². The molecule has 0 spiro atoms. The number of hydrogen-bond donors (Lipinski definition) is 1. The fourth-order valence-electron chi connectivity index (χ4n) is 3.52. The van der Waals surface area contributed by atoms with Crippen molar-refractivity contribution in [2.45, 2.75) is 32.1 Å². The SMILES string of the molecule is Cl.O=C(CCC1CCNCC1)N(CCc1ccccc1)c1ccccc1. The Bertz CT molecular complexity index is 642. The third-order valence-corrected chi connectivity index (χ3v) is 5.06. The Labute approximate surface area is 163 Å². The molecule has 0 atom stereocenters. The molecule has 0 saturated carbocycles. The average Bonchev–Trinajstić information content (AvgIpc) is 2.69. The molecule has 140 valence electrons. The number of anilines is 1. The Balaban J connectivity index is 0.00000243. The first-order valence-corrected chi connectivity index (χ1v) is 9.43. The molecule has 3 rings (SSSR count). The molecule has 1 N–H and O–H groups in total. The second kappa shape index (κ2) is 11.0. The summed E-state index contributed by atoms with van der Waals surface area (Å²) in [5.41, 5.74) is 2.28. The van der Waals surface area contributed by atoms with Crippen LogP contribution in [0.3, 0.4) is 0 Å². The summed E-state index contributed by atoms with van der Waals surface area (Å²) in [6.45, 7) is 2.92. The number of hydrogen-bond acceptors (Lipinski definition) is 2. The number of carbonyl (C=O) groups excluding carboxylic acids is 1. The normalized spacial score (nSPS) is 14.5. The lowest BCUT2D eigenvalue weighted by molar-refractivity contribution is -0.118. The number of amides is 1. The molecule has 2 aromatic carbocycles. The maximum atomic E-state index is 12.9. The van der Waals surface area contributed by atoms with Crippen molar-refractivity contribution in [3.63, 3.8) is 0 Å². The first-order valence-electron chi connectivity index (χ1n) is 9.43. The van der Waals surface area contributed by atoms with Gasteiger partial charge in [-0.15, -0.1) is 12.4 Å². The van der Waals surface area contributed by atoms with Crippen molar-refractivity contribution in [2.24, 2.45) is 5.92 Å². The molecule has 26 heavy (non-hydrogen) atoms. The van der Waals surface area contributed by atoms with Gasteiger partial charge < -0.3 is 10.2 Å². The van der Waals surface area contributed by atoms with E-state index in [-0.39, 0.29) is 18.3 Å². The van der Waals surface area contributed by atoms with Crippen molar-refractivity contribution >= 4 is 24.0 Å². The van der Waals surface area contributed by atoms with Gasteiger partial charge in [0.2, 0.25) is 5.91 Å². The minimum absolute atomic E-state index is 0. The highest BCUT2D eigenvalue weighted by atomic mass is 35.5. The molecule has 1 aliphatic rings. The number of rotatable bonds is 7. The summed E-state index contributed by atoms with van der Waals surface area (Å²) in [4.78, 5) is 14.9. The van der Waals surface area contributed by atoms with E-state index in [1.807, 2.05) is 41.3 Å². The molecule has 4 heteroatoms. The third-order valence-electron chi connectivity index (χ3n) is 5.06. The van der Waals surface area contributed by atoms with Gasteiger partial charge in [-0.1, -0.05) is 48.5 Å². The second-order valence-electron chi connectivity index (χ2n) is 6.85. The minimum Gasteiger partial charge on any atom is -0.317 e. The van der Waals surface area contributed by atoms with Gasteiger partial charge in [-0.2, -0.15) is 0 Å². The summed E-state index contributed by atoms with van der Waals surface area (Å²) < 4.78 is 0. The first-order chi connectivity index (χ1) is 12.3. The van der Waals surface area contributed by atoms with Crippen molar-refractivity contribution in [3.8, 4) is 0 Å². The van der Waals surface area contributed by atoms with Gasteiger partial charge in [-0.3, -0.25) is 4.79 Å². The molecule has 0 aromatic heterocycles. The van der Waals surface area contributed by atoms with Gasteiger partial charge in [0.1, 0.15) is 0 Å². The van der Waals surface area contributed by atoms with E-state index in [1.54, 1.807) is 0 Å². The molecule has 0 radical (unpaired) electrons. The number of piperidine rings is 1. The van der Waals surface area contributed by atoms with Gasteiger partial charge in [0.05, 0.1) is 0 Å². The lowest BCUT2D eigenvalue weighted by Gasteiger charge is -2.26. The van der Waals surface area contributed by atoms with E-state index in [1.165, 1.54) is 18.4 Å². The van der Waals surface area contributed by atoms with Crippen molar-refractivity contribution < 1.29 is 4.79 Å². The minimum atomic E-state index is 0. The van der Waals surface area contributed by atoms with Crippen LogP contribution in [0.1, 0.15) is 31.2 Å². The molecule has 1 fully saturated rings. The summed E-state index contributed by atoms with van der Waals surface area (Å²) >= 11 is 0. The molecule has 1 amide bonds. The van der Waals surface area contributed by atoms with E-state index in [0.29, 0.717) is 12.3 Å². The quantitative estimate of drug-likeness (QED) is 0.778. The lowest BCUT2D eigenvalue weighted by Crippen LogP contribution is -2.34. The molecule has 1 saturated heterocycles. The van der Waals surface area contributed by atoms with Crippen molar-refractivity contribution in [3.05, 3.63) is 66.2 Å². The van der Waals surface area contributed by atoms with Crippen LogP contribution < -0.4 is 10.2 Å². The Morgan fingerprint density at radius 2 is 1.58 bits per heavy atom. The molecule has 1 heterocycles. The molecule has 3 nitrogen and oxygen atoms in total. The van der Waals surface area contributed by atoms with Gasteiger partial charge in [0.25, 0.3) is 0 Å². The van der Waals surface area contributed by atoms with Gasteiger partial charge in [-0.25, -0.2) is 0 Å². The van der Waals surface area contributed by atoms with E-state index in [2.05, 4.69) is 29.6 Å². The summed E-state index contributed by atoms with van der Waals surface area (Å²) in [6.07, 6.45) is 4.93. The number of benzene rings is 2. The summed E-state index contributed by atoms with van der Waals surface area (Å²) in [5.74, 6) is 0.942.